The van der Waals surface area contributed by atoms with Gasteiger partial charge in [0.2, 0.25) is 0 Å². The molecule has 0 saturated heterocycles. The zero-order valence-corrected chi connectivity index (χ0v) is 16.8. The molecule has 1 spiro atoms. The predicted molar refractivity (Wildman–Crippen MR) is 104 cm³/mol. The fraction of sp³-hybridized carbons (Fsp3) is 0.826. The average molecular weight is 372 g/mol. The molecule has 27 heavy (non-hydrogen) atoms. The summed E-state index contributed by atoms with van der Waals surface area (Å²) in [5.41, 5.74) is -0.0737. The van der Waals surface area contributed by atoms with Crippen LogP contribution in [0.4, 0.5) is 0 Å². The first kappa shape index (κ1) is 19.0. The van der Waals surface area contributed by atoms with Crippen molar-refractivity contribution in [1.29, 1.82) is 0 Å². The maximum Gasteiger partial charge on any atom is 0.295 e. The van der Waals surface area contributed by atoms with E-state index in [0.717, 1.165) is 38.5 Å². The molecule has 0 aromatic rings. The van der Waals surface area contributed by atoms with Crippen molar-refractivity contribution in [2.45, 2.75) is 71.6 Å². The van der Waals surface area contributed by atoms with Gasteiger partial charge >= 0.3 is 0 Å². The molecular formula is C23H33NO3. The van der Waals surface area contributed by atoms with Crippen LogP contribution < -0.4 is 5.32 Å². The van der Waals surface area contributed by atoms with E-state index in [2.05, 4.69) is 25.1 Å². The van der Waals surface area contributed by atoms with Gasteiger partial charge in [-0.1, -0.05) is 20.3 Å². The zero-order valence-electron chi connectivity index (χ0n) is 16.8. The van der Waals surface area contributed by atoms with Gasteiger partial charge in [0.1, 0.15) is 5.78 Å². The van der Waals surface area contributed by atoms with Crippen molar-refractivity contribution < 1.29 is 14.7 Å². The van der Waals surface area contributed by atoms with Crippen molar-refractivity contribution in [1.82, 2.24) is 5.32 Å². The van der Waals surface area contributed by atoms with Gasteiger partial charge in [-0.25, -0.2) is 0 Å². The number of fused-ring (bicyclic) bond motifs is 3. The molecule has 4 saturated carbocycles. The minimum atomic E-state index is -0.446. The molecule has 148 valence electrons. The van der Waals surface area contributed by atoms with E-state index >= 15 is 0 Å². The summed E-state index contributed by atoms with van der Waals surface area (Å²) in [6.45, 7) is 5.45. The number of hydrogen-bond acceptors (Lipinski definition) is 3. The number of carbonyl (C=O) groups excluding carboxylic acids is 2. The van der Waals surface area contributed by atoms with Crippen LogP contribution in [0.1, 0.15) is 71.6 Å². The first-order valence-electron chi connectivity index (χ1n) is 10.6. The van der Waals surface area contributed by atoms with Crippen LogP contribution in [0.25, 0.3) is 0 Å². The minimum absolute atomic E-state index is 0.0241. The van der Waals surface area contributed by atoms with Crippen LogP contribution in [-0.4, -0.2) is 29.9 Å². The standard InChI is InChI=1S/C23H33NO3/c1-4-19(27)24-14-20(2)8-5-9-21(3)16(20)6-10-22-12-18(26)23(13-22,15-25)11-7-17(21)22/h1,16-17,25H,5-15H2,2-3H3,(H,24,27)/t16?,17?,20-,21+,22-,23-/m0/s1. The molecule has 0 aromatic carbocycles. The molecule has 4 fully saturated rings. The van der Waals surface area contributed by atoms with Crippen molar-refractivity contribution in [2.75, 3.05) is 13.2 Å². The molecule has 0 heterocycles. The van der Waals surface area contributed by atoms with E-state index < -0.39 is 5.41 Å². The normalized spacial score (nSPS) is 48.3. The van der Waals surface area contributed by atoms with Crippen LogP contribution in [0, 0.1) is 45.8 Å². The molecule has 4 aliphatic carbocycles. The van der Waals surface area contributed by atoms with Gasteiger partial charge in [0, 0.05) is 13.0 Å². The molecule has 4 nitrogen and oxygen atoms in total. The summed E-state index contributed by atoms with van der Waals surface area (Å²) in [5.74, 6) is 3.27. The number of aliphatic hydroxyl groups excluding tert-OH is 1. The Hall–Kier alpha value is -1.34. The summed E-state index contributed by atoms with van der Waals surface area (Å²) < 4.78 is 0. The first-order valence-corrected chi connectivity index (χ1v) is 10.6. The molecule has 2 bridgehead atoms. The highest BCUT2D eigenvalue weighted by Crippen LogP contribution is 2.72. The fourth-order valence-electron chi connectivity index (χ4n) is 8.24. The highest BCUT2D eigenvalue weighted by Gasteiger charge is 2.68. The third kappa shape index (κ3) is 2.54. The molecule has 4 aliphatic rings. The second kappa shape index (κ2) is 6.08. The van der Waals surface area contributed by atoms with E-state index in [9.17, 15) is 14.7 Å². The minimum Gasteiger partial charge on any atom is -0.395 e. The van der Waals surface area contributed by atoms with Crippen molar-refractivity contribution >= 4 is 11.7 Å². The van der Waals surface area contributed by atoms with Crippen molar-refractivity contribution in [3.63, 3.8) is 0 Å². The van der Waals surface area contributed by atoms with Crippen LogP contribution in [0.15, 0.2) is 0 Å². The second-order valence-corrected chi connectivity index (χ2v) is 10.6. The Morgan fingerprint density at radius 2 is 1.96 bits per heavy atom. The summed E-state index contributed by atoms with van der Waals surface area (Å²) in [4.78, 5) is 24.5. The molecule has 2 unspecified atom stereocenters. The number of rotatable bonds is 3. The van der Waals surface area contributed by atoms with Crippen LogP contribution in [0.3, 0.4) is 0 Å². The number of carbonyl (C=O) groups is 2. The van der Waals surface area contributed by atoms with E-state index in [-0.39, 0.29) is 28.8 Å². The molecule has 4 heteroatoms. The van der Waals surface area contributed by atoms with E-state index in [1.807, 2.05) is 0 Å². The van der Waals surface area contributed by atoms with Gasteiger partial charge in [-0.3, -0.25) is 9.59 Å². The number of nitrogens with one attached hydrogen (secondary N) is 1. The average Bonchev–Trinajstić information content (AvgIpc) is 2.85. The van der Waals surface area contributed by atoms with E-state index in [4.69, 9.17) is 6.42 Å². The largest absolute Gasteiger partial charge is 0.395 e. The van der Waals surface area contributed by atoms with Crippen molar-refractivity contribution in [2.24, 2.45) is 33.5 Å². The SMILES string of the molecule is C#CC(=O)NC[C@]1(C)CCC[C@]2(C)C1CC[C@@]13CC(=O)[C@@](CO)(CCC12)C3. The lowest BCUT2D eigenvalue weighted by Crippen LogP contribution is -2.59. The third-order valence-corrected chi connectivity index (χ3v) is 9.36. The number of terminal acetylenes is 1. The van der Waals surface area contributed by atoms with Gasteiger partial charge in [-0.15, -0.1) is 6.42 Å². The zero-order chi connectivity index (χ0) is 19.5. The lowest BCUT2D eigenvalue weighted by atomic mass is 9.40. The van der Waals surface area contributed by atoms with Gasteiger partial charge in [-0.05, 0) is 78.9 Å². The van der Waals surface area contributed by atoms with Gasteiger partial charge in [-0.2, -0.15) is 0 Å². The maximum absolute atomic E-state index is 12.8. The van der Waals surface area contributed by atoms with Crippen LogP contribution in [-0.2, 0) is 9.59 Å². The molecule has 4 rings (SSSR count). The fourth-order valence-corrected chi connectivity index (χ4v) is 8.24. The Bertz CT molecular complexity index is 711. The van der Waals surface area contributed by atoms with E-state index in [0.29, 0.717) is 30.6 Å². The quantitative estimate of drug-likeness (QED) is 0.749. The van der Waals surface area contributed by atoms with E-state index in [1.54, 1.807) is 0 Å². The summed E-state index contributed by atoms with van der Waals surface area (Å²) in [7, 11) is 0. The van der Waals surface area contributed by atoms with Gasteiger partial charge in [0.05, 0.1) is 12.0 Å². The van der Waals surface area contributed by atoms with Crippen LogP contribution in [0.5, 0.6) is 0 Å². The Morgan fingerprint density at radius 3 is 2.67 bits per heavy atom. The second-order valence-electron chi connectivity index (χ2n) is 10.6. The van der Waals surface area contributed by atoms with Crippen LogP contribution >= 0.6 is 0 Å². The number of amides is 1. The third-order valence-electron chi connectivity index (χ3n) is 9.36. The predicted octanol–water partition coefficient (Wildman–Crippen LogP) is 3.08. The Kier molecular flexibility index (Phi) is 4.28. The van der Waals surface area contributed by atoms with Gasteiger partial charge in [0.25, 0.3) is 5.91 Å². The maximum atomic E-state index is 12.8. The molecule has 0 radical (unpaired) electrons. The lowest BCUT2D eigenvalue weighted by molar-refractivity contribution is -0.158. The number of hydrogen-bond donors (Lipinski definition) is 2. The van der Waals surface area contributed by atoms with Crippen LogP contribution in [0.2, 0.25) is 0 Å². The van der Waals surface area contributed by atoms with E-state index in [1.165, 1.54) is 12.8 Å². The summed E-state index contributed by atoms with van der Waals surface area (Å²) in [6.07, 6.45) is 14.4. The molecule has 0 aromatic heterocycles. The highest BCUT2D eigenvalue weighted by atomic mass is 16.3. The highest BCUT2D eigenvalue weighted by molar-refractivity contribution is 5.92. The Balaban J connectivity index is 1.63. The molecule has 2 N–H and O–H groups in total. The Labute approximate surface area is 162 Å². The van der Waals surface area contributed by atoms with Crippen molar-refractivity contribution in [3.05, 3.63) is 0 Å². The summed E-state index contributed by atoms with van der Waals surface area (Å²) in [6, 6.07) is 0. The van der Waals surface area contributed by atoms with Crippen molar-refractivity contribution in [3.8, 4) is 12.3 Å². The van der Waals surface area contributed by atoms with Gasteiger partial charge in [0.15, 0.2) is 0 Å². The van der Waals surface area contributed by atoms with Gasteiger partial charge < -0.3 is 10.4 Å². The summed E-state index contributed by atoms with van der Waals surface area (Å²) in [5, 5.41) is 12.9. The molecule has 0 aliphatic heterocycles. The smallest absolute Gasteiger partial charge is 0.295 e. The molecular weight excluding hydrogens is 338 g/mol. The molecule has 1 amide bonds. The molecule has 6 atom stereocenters. The lowest BCUT2D eigenvalue weighted by Gasteiger charge is -2.64. The first-order chi connectivity index (χ1) is 12.7. The number of Topliss-reactive ketones (excluding diaryl/α,β-unsaturated/α-hetero) is 1. The Morgan fingerprint density at radius 1 is 1.22 bits per heavy atom. The number of aliphatic hydroxyl groups is 1. The topological polar surface area (TPSA) is 66.4 Å². The monoisotopic (exact) mass is 371 g/mol. The summed E-state index contributed by atoms with van der Waals surface area (Å²) >= 11 is 0. The number of ketones is 1.